The molecule has 29 heavy (non-hydrogen) atoms. The summed E-state index contributed by atoms with van der Waals surface area (Å²) in [6.45, 7) is 8.41. The summed E-state index contributed by atoms with van der Waals surface area (Å²) in [5, 5.41) is 0. The summed E-state index contributed by atoms with van der Waals surface area (Å²) in [7, 11) is 0. The van der Waals surface area contributed by atoms with Gasteiger partial charge < -0.3 is 9.47 Å². The lowest BCUT2D eigenvalue weighted by Gasteiger charge is -2.16. The zero-order valence-corrected chi connectivity index (χ0v) is 19.3. The van der Waals surface area contributed by atoms with Crippen LogP contribution >= 0.6 is 39.9 Å². The molecule has 0 atom stereocenters. The monoisotopic (exact) mass is 489 g/mol. The van der Waals surface area contributed by atoms with Gasteiger partial charge in [-0.3, -0.25) is 9.69 Å². The molecule has 0 spiro atoms. The van der Waals surface area contributed by atoms with Crippen molar-refractivity contribution in [3.8, 4) is 11.5 Å². The number of aryl methyl sites for hydroxylation is 1. The van der Waals surface area contributed by atoms with E-state index in [0.29, 0.717) is 33.9 Å². The molecule has 0 bridgehead atoms. The Labute approximate surface area is 188 Å². The second-order valence-corrected chi connectivity index (χ2v) is 8.70. The number of thioether (sulfide) groups is 1. The topological polar surface area (TPSA) is 38.8 Å². The smallest absolute Gasteiger partial charge is 0.270 e. The Kier molecular flexibility index (Phi) is 7.16. The van der Waals surface area contributed by atoms with Gasteiger partial charge in [0.1, 0.15) is 6.61 Å². The molecule has 3 rings (SSSR count). The highest BCUT2D eigenvalue weighted by atomic mass is 79.9. The number of para-hydroxylation sites is 1. The maximum absolute atomic E-state index is 13.0. The predicted octanol–water partition coefficient (Wildman–Crippen LogP) is 6.13. The largest absolute Gasteiger partial charge is 0.490 e. The van der Waals surface area contributed by atoms with Crippen molar-refractivity contribution in [2.24, 2.45) is 0 Å². The van der Waals surface area contributed by atoms with Gasteiger partial charge in [-0.1, -0.05) is 54.8 Å². The lowest BCUT2D eigenvalue weighted by atomic mass is 10.1. The first kappa shape index (κ1) is 21.6. The lowest BCUT2D eigenvalue weighted by molar-refractivity contribution is -0.113. The van der Waals surface area contributed by atoms with Crippen LogP contribution in [0.1, 0.15) is 18.1 Å². The second kappa shape index (κ2) is 9.61. The Morgan fingerprint density at radius 2 is 2.03 bits per heavy atom. The van der Waals surface area contributed by atoms with Crippen LogP contribution < -0.4 is 14.4 Å². The van der Waals surface area contributed by atoms with Gasteiger partial charge in [-0.15, -0.1) is 0 Å². The van der Waals surface area contributed by atoms with Crippen molar-refractivity contribution in [3.63, 3.8) is 0 Å². The molecule has 1 amide bonds. The quantitative estimate of drug-likeness (QED) is 0.265. The maximum Gasteiger partial charge on any atom is 0.270 e. The number of anilines is 1. The van der Waals surface area contributed by atoms with E-state index in [2.05, 4.69) is 22.5 Å². The second-order valence-electron chi connectivity index (χ2n) is 6.17. The van der Waals surface area contributed by atoms with E-state index in [4.69, 9.17) is 21.7 Å². The van der Waals surface area contributed by atoms with Crippen molar-refractivity contribution in [1.82, 2.24) is 0 Å². The lowest BCUT2D eigenvalue weighted by Crippen LogP contribution is -2.28. The standard InChI is InChI=1S/C22H20BrNO3S2/c1-4-10-27-20-16(23)11-15(12-18(20)26-5-2)13-19-21(25)24(22(28)29-19)17-9-7-6-8-14(17)3/h4,6-9,11-13H,1,5,10H2,2-3H3/b19-13+. The van der Waals surface area contributed by atoms with Crippen LogP contribution in [0.15, 0.2) is 58.4 Å². The Morgan fingerprint density at radius 3 is 2.72 bits per heavy atom. The number of benzene rings is 2. The van der Waals surface area contributed by atoms with Crippen molar-refractivity contribution in [2.45, 2.75) is 13.8 Å². The van der Waals surface area contributed by atoms with Crippen molar-refractivity contribution in [3.05, 3.63) is 69.6 Å². The molecule has 1 fully saturated rings. The SMILES string of the molecule is C=CCOc1c(Br)cc(/C=C2/SC(=S)N(c3ccccc3C)C2=O)cc1OCC. The van der Waals surface area contributed by atoms with Gasteiger partial charge in [0.15, 0.2) is 15.8 Å². The van der Waals surface area contributed by atoms with Gasteiger partial charge in [-0.05, 0) is 65.2 Å². The normalized spacial score (nSPS) is 15.1. The molecule has 1 aliphatic rings. The van der Waals surface area contributed by atoms with E-state index in [1.54, 1.807) is 11.0 Å². The van der Waals surface area contributed by atoms with Crippen molar-refractivity contribution in [2.75, 3.05) is 18.1 Å². The average molecular weight is 490 g/mol. The number of rotatable bonds is 7. The minimum absolute atomic E-state index is 0.129. The summed E-state index contributed by atoms with van der Waals surface area (Å²) in [4.78, 5) is 15.2. The average Bonchev–Trinajstić information content (AvgIpc) is 2.95. The van der Waals surface area contributed by atoms with Gasteiger partial charge in [0.2, 0.25) is 0 Å². The zero-order valence-electron chi connectivity index (χ0n) is 16.1. The van der Waals surface area contributed by atoms with Gasteiger partial charge in [0, 0.05) is 0 Å². The van der Waals surface area contributed by atoms with Crippen molar-refractivity contribution in [1.29, 1.82) is 0 Å². The highest BCUT2D eigenvalue weighted by Gasteiger charge is 2.34. The minimum Gasteiger partial charge on any atom is -0.490 e. The molecule has 150 valence electrons. The molecule has 0 radical (unpaired) electrons. The highest BCUT2D eigenvalue weighted by Crippen LogP contribution is 2.40. The first-order chi connectivity index (χ1) is 14.0. The number of ether oxygens (including phenoxy) is 2. The molecule has 0 saturated carbocycles. The molecule has 0 aliphatic carbocycles. The number of amides is 1. The van der Waals surface area contributed by atoms with Crippen LogP contribution in [0.4, 0.5) is 5.69 Å². The molecular weight excluding hydrogens is 470 g/mol. The fourth-order valence-electron chi connectivity index (χ4n) is 2.86. The third kappa shape index (κ3) is 4.74. The molecular formula is C22H20BrNO3S2. The van der Waals surface area contributed by atoms with E-state index in [1.165, 1.54) is 11.8 Å². The Morgan fingerprint density at radius 1 is 1.28 bits per heavy atom. The van der Waals surface area contributed by atoms with E-state index in [-0.39, 0.29) is 5.91 Å². The molecule has 0 unspecified atom stereocenters. The third-order valence-corrected chi connectivity index (χ3v) is 6.02. The summed E-state index contributed by atoms with van der Waals surface area (Å²) in [5.74, 6) is 1.08. The summed E-state index contributed by atoms with van der Waals surface area (Å²) in [6.07, 6.45) is 3.50. The molecule has 4 nitrogen and oxygen atoms in total. The molecule has 2 aromatic rings. The summed E-state index contributed by atoms with van der Waals surface area (Å²) >= 11 is 10.3. The minimum atomic E-state index is -0.129. The highest BCUT2D eigenvalue weighted by molar-refractivity contribution is 9.10. The fourth-order valence-corrected chi connectivity index (χ4v) is 4.72. The van der Waals surface area contributed by atoms with Crippen LogP contribution in [0.2, 0.25) is 0 Å². The third-order valence-electron chi connectivity index (χ3n) is 4.13. The number of carbonyl (C=O) groups is 1. The van der Waals surface area contributed by atoms with E-state index in [1.807, 2.05) is 56.3 Å². The van der Waals surface area contributed by atoms with E-state index in [0.717, 1.165) is 21.3 Å². The van der Waals surface area contributed by atoms with Crippen LogP contribution in [0.5, 0.6) is 11.5 Å². The van der Waals surface area contributed by atoms with Gasteiger partial charge in [0.05, 0.1) is 21.7 Å². The van der Waals surface area contributed by atoms with Crippen LogP contribution in [-0.2, 0) is 4.79 Å². The zero-order chi connectivity index (χ0) is 21.0. The maximum atomic E-state index is 13.0. The number of halogens is 1. The van der Waals surface area contributed by atoms with Gasteiger partial charge in [0.25, 0.3) is 5.91 Å². The Balaban J connectivity index is 1.96. The fraction of sp³-hybridized carbons (Fsp3) is 0.182. The first-order valence-electron chi connectivity index (χ1n) is 8.99. The van der Waals surface area contributed by atoms with Crippen LogP contribution in [-0.4, -0.2) is 23.4 Å². The number of hydrogen-bond acceptors (Lipinski definition) is 5. The van der Waals surface area contributed by atoms with Crippen molar-refractivity contribution >= 4 is 61.9 Å². The van der Waals surface area contributed by atoms with Gasteiger partial charge in [-0.2, -0.15) is 0 Å². The van der Waals surface area contributed by atoms with E-state index < -0.39 is 0 Å². The summed E-state index contributed by atoms with van der Waals surface area (Å²) in [6, 6.07) is 11.4. The molecule has 1 heterocycles. The summed E-state index contributed by atoms with van der Waals surface area (Å²) < 4.78 is 12.7. The molecule has 1 aliphatic heterocycles. The molecule has 0 aromatic heterocycles. The van der Waals surface area contributed by atoms with Gasteiger partial charge >= 0.3 is 0 Å². The first-order valence-corrected chi connectivity index (χ1v) is 11.0. The van der Waals surface area contributed by atoms with Crippen LogP contribution in [0, 0.1) is 6.92 Å². The number of hydrogen-bond donors (Lipinski definition) is 0. The Bertz CT molecular complexity index is 1000. The Hall–Kier alpha value is -2.09. The number of nitrogens with zero attached hydrogens (tertiary/aromatic N) is 1. The number of thiocarbonyl (C=S) groups is 1. The molecule has 7 heteroatoms. The predicted molar refractivity (Wildman–Crippen MR) is 128 cm³/mol. The van der Waals surface area contributed by atoms with Crippen molar-refractivity contribution < 1.29 is 14.3 Å². The van der Waals surface area contributed by atoms with Crippen LogP contribution in [0.25, 0.3) is 6.08 Å². The molecule has 0 N–H and O–H groups in total. The van der Waals surface area contributed by atoms with Crippen LogP contribution in [0.3, 0.4) is 0 Å². The molecule has 2 aromatic carbocycles. The van der Waals surface area contributed by atoms with E-state index >= 15 is 0 Å². The van der Waals surface area contributed by atoms with Gasteiger partial charge in [-0.25, -0.2) is 0 Å². The van der Waals surface area contributed by atoms with E-state index in [9.17, 15) is 4.79 Å². The summed E-state index contributed by atoms with van der Waals surface area (Å²) in [5.41, 5.74) is 2.62. The molecule has 1 saturated heterocycles. The number of carbonyl (C=O) groups excluding carboxylic acids is 1.